The van der Waals surface area contributed by atoms with E-state index < -0.39 is 0 Å². The fourth-order valence-corrected chi connectivity index (χ4v) is 1.79. The van der Waals surface area contributed by atoms with E-state index in [4.69, 9.17) is 4.74 Å². The van der Waals surface area contributed by atoms with Crippen LogP contribution in [-0.2, 0) is 16.1 Å². The van der Waals surface area contributed by atoms with Gasteiger partial charge in [-0.05, 0) is 23.9 Å². The Morgan fingerprint density at radius 3 is 2.94 bits per heavy atom. The van der Waals surface area contributed by atoms with Gasteiger partial charge < -0.3 is 9.30 Å². The van der Waals surface area contributed by atoms with Gasteiger partial charge in [-0.1, -0.05) is 31.5 Å². The van der Waals surface area contributed by atoms with Gasteiger partial charge in [0, 0.05) is 11.7 Å². The lowest BCUT2D eigenvalue weighted by molar-refractivity contribution is -0.144. The first kappa shape index (κ1) is 11.7. The standard InChI is InChI=1S/C14H17NO2/c1-2-3-10-17-14(16)11-15-9-8-12-6-4-5-7-13(12)15/h4-9H,2-3,10-11H2,1H3. The molecule has 0 aliphatic rings. The lowest BCUT2D eigenvalue weighted by Gasteiger charge is -2.06. The minimum absolute atomic E-state index is 0.167. The Morgan fingerprint density at radius 1 is 1.29 bits per heavy atom. The van der Waals surface area contributed by atoms with Gasteiger partial charge in [0.2, 0.25) is 0 Å². The molecule has 0 saturated heterocycles. The number of hydrogen-bond donors (Lipinski definition) is 0. The van der Waals surface area contributed by atoms with E-state index in [1.54, 1.807) is 0 Å². The van der Waals surface area contributed by atoms with Gasteiger partial charge in [0.05, 0.1) is 6.61 Å². The Bertz CT molecular complexity index is 502. The van der Waals surface area contributed by atoms with Crippen LogP contribution in [0.15, 0.2) is 36.5 Å². The first-order valence-electron chi connectivity index (χ1n) is 6.00. The van der Waals surface area contributed by atoms with E-state index in [1.165, 1.54) is 0 Å². The van der Waals surface area contributed by atoms with E-state index in [-0.39, 0.29) is 12.5 Å². The molecule has 2 aromatic rings. The monoisotopic (exact) mass is 231 g/mol. The maximum Gasteiger partial charge on any atom is 0.325 e. The third-order valence-electron chi connectivity index (χ3n) is 2.74. The maximum absolute atomic E-state index is 11.6. The van der Waals surface area contributed by atoms with Crippen molar-refractivity contribution in [3.8, 4) is 0 Å². The fraction of sp³-hybridized carbons (Fsp3) is 0.357. The number of unbranched alkanes of at least 4 members (excludes halogenated alkanes) is 1. The summed E-state index contributed by atoms with van der Waals surface area (Å²) in [5.74, 6) is -0.167. The zero-order valence-electron chi connectivity index (χ0n) is 10.1. The Morgan fingerprint density at radius 2 is 2.12 bits per heavy atom. The molecule has 0 saturated carbocycles. The molecule has 90 valence electrons. The SMILES string of the molecule is CCCCOC(=O)Cn1ccc2ccccc21. The number of para-hydroxylation sites is 1. The van der Waals surface area contributed by atoms with Crippen LogP contribution in [0.5, 0.6) is 0 Å². The van der Waals surface area contributed by atoms with Gasteiger partial charge >= 0.3 is 5.97 Å². The molecule has 0 amide bonds. The molecule has 0 N–H and O–H groups in total. The van der Waals surface area contributed by atoms with Crippen LogP contribution in [-0.4, -0.2) is 17.1 Å². The summed E-state index contributed by atoms with van der Waals surface area (Å²) in [5, 5.41) is 1.15. The summed E-state index contributed by atoms with van der Waals surface area (Å²) < 4.78 is 7.07. The topological polar surface area (TPSA) is 31.2 Å². The van der Waals surface area contributed by atoms with E-state index in [0.717, 1.165) is 23.7 Å². The molecule has 0 aliphatic heterocycles. The zero-order chi connectivity index (χ0) is 12.1. The lowest BCUT2D eigenvalue weighted by atomic mass is 10.2. The maximum atomic E-state index is 11.6. The summed E-state index contributed by atoms with van der Waals surface area (Å²) in [4.78, 5) is 11.6. The van der Waals surface area contributed by atoms with Gasteiger partial charge in [0.1, 0.15) is 6.54 Å². The number of rotatable bonds is 5. The highest BCUT2D eigenvalue weighted by Crippen LogP contribution is 2.14. The molecule has 0 bridgehead atoms. The number of ether oxygens (including phenoxy) is 1. The first-order chi connectivity index (χ1) is 8.31. The van der Waals surface area contributed by atoms with Crippen molar-refractivity contribution in [2.75, 3.05) is 6.61 Å². The minimum atomic E-state index is -0.167. The molecule has 1 heterocycles. The summed E-state index contributed by atoms with van der Waals surface area (Å²) in [6.45, 7) is 2.89. The van der Waals surface area contributed by atoms with E-state index >= 15 is 0 Å². The van der Waals surface area contributed by atoms with Gasteiger partial charge in [0.15, 0.2) is 0 Å². The summed E-state index contributed by atoms with van der Waals surface area (Å²) in [6, 6.07) is 10.0. The van der Waals surface area contributed by atoms with E-state index in [2.05, 4.69) is 6.92 Å². The molecule has 0 unspecified atom stereocenters. The van der Waals surface area contributed by atoms with Gasteiger partial charge in [-0.3, -0.25) is 4.79 Å². The van der Waals surface area contributed by atoms with Gasteiger partial charge in [-0.2, -0.15) is 0 Å². The molecule has 0 atom stereocenters. The predicted molar refractivity (Wildman–Crippen MR) is 67.8 cm³/mol. The number of aromatic nitrogens is 1. The highest BCUT2D eigenvalue weighted by molar-refractivity contribution is 5.81. The van der Waals surface area contributed by atoms with Crippen LogP contribution in [0.2, 0.25) is 0 Å². The number of nitrogens with zero attached hydrogens (tertiary/aromatic N) is 1. The van der Waals surface area contributed by atoms with E-state index in [0.29, 0.717) is 6.61 Å². The Kier molecular flexibility index (Phi) is 3.81. The Hall–Kier alpha value is -1.77. The molecule has 0 fully saturated rings. The molecular weight excluding hydrogens is 214 g/mol. The van der Waals surface area contributed by atoms with Crippen molar-refractivity contribution in [3.05, 3.63) is 36.5 Å². The van der Waals surface area contributed by atoms with Crippen LogP contribution in [0, 0.1) is 0 Å². The van der Waals surface area contributed by atoms with Crippen LogP contribution in [0.4, 0.5) is 0 Å². The fourth-order valence-electron chi connectivity index (χ4n) is 1.79. The predicted octanol–water partition coefficient (Wildman–Crippen LogP) is 2.98. The lowest BCUT2D eigenvalue weighted by Crippen LogP contribution is -2.13. The first-order valence-corrected chi connectivity index (χ1v) is 6.00. The van der Waals surface area contributed by atoms with Gasteiger partial charge in [0.25, 0.3) is 0 Å². The van der Waals surface area contributed by atoms with Crippen molar-refractivity contribution < 1.29 is 9.53 Å². The third kappa shape index (κ3) is 2.87. The van der Waals surface area contributed by atoms with Crippen molar-refractivity contribution >= 4 is 16.9 Å². The second-order valence-corrected chi connectivity index (χ2v) is 4.08. The largest absolute Gasteiger partial charge is 0.464 e. The molecule has 3 nitrogen and oxygen atoms in total. The van der Waals surface area contributed by atoms with Crippen LogP contribution < -0.4 is 0 Å². The molecule has 0 spiro atoms. The average molecular weight is 231 g/mol. The normalized spacial score (nSPS) is 10.6. The number of hydrogen-bond acceptors (Lipinski definition) is 2. The Labute approximate surface area is 101 Å². The third-order valence-corrected chi connectivity index (χ3v) is 2.74. The van der Waals surface area contributed by atoms with Crippen molar-refractivity contribution in [1.82, 2.24) is 4.57 Å². The zero-order valence-corrected chi connectivity index (χ0v) is 10.1. The number of benzene rings is 1. The Balaban J connectivity index is 2.01. The van der Waals surface area contributed by atoms with Crippen LogP contribution >= 0.6 is 0 Å². The van der Waals surface area contributed by atoms with Crippen molar-refractivity contribution in [3.63, 3.8) is 0 Å². The molecule has 17 heavy (non-hydrogen) atoms. The quantitative estimate of drug-likeness (QED) is 0.585. The minimum Gasteiger partial charge on any atom is -0.464 e. The summed E-state index contributed by atoms with van der Waals surface area (Å²) in [6.07, 6.45) is 3.89. The molecule has 0 radical (unpaired) electrons. The van der Waals surface area contributed by atoms with Crippen LogP contribution in [0.1, 0.15) is 19.8 Å². The second-order valence-electron chi connectivity index (χ2n) is 4.08. The molecule has 0 aliphatic carbocycles. The van der Waals surface area contributed by atoms with E-state index in [9.17, 15) is 4.79 Å². The van der Waals surface area contributed by atoms with Crippen molar-refractivity contribution in [2.24, 2.45) is 0 Å². The highest BCUT2D eigenvalue weighted by Gasteiger charge is 2.06. The number of carbonyl (C=O) groups is 1. The number of carbonyl (C=O) groups excluding carboxylic acids is 1. The van der Waals surface area contributed by atoms with E-state index in [1.807, 2.05) is 41.1 Å². The molecular formula is C14H17NO2. The smallest absolute Gasteiger partial charge is 0.325 e. The molecule has 3 heteroatoms. The van der Waals surface area contributed by atoms with Crippen molar-refractivity contribution in [2.45, 2.75) is 26.3 Å². The number of esters is 1. The summed E-state index contributed by atoms with van der Waals surface area (Å²) in [5.41, 5.74) is 1.07. The number of fused-ring (bicyclic) bond motifs is 1. The van der Waals surface area contributed by atoms with Crippen molar-refractivity contribution in [1.29, 1.82) is 0 Å². The van der Waals surface area contributed by atoms with Gasteiger partial charge in [-0.25, -0.2) is 0 Å². The summed E-state index contributed by atoms with van der Waals surface area (Å²) >= 11 is 0. The van der Waals surface area contributed by atoms with Gasteiger partial charge in [-0.15, -0.1) is 0 Å². The molecule has 1 aromatic carbocycles. The van der Waals surface area contributed by atoms with Crippen LogP contribution in [0.25, 0.3) is 10.9 Å². The molecule has 1 aromatic heterocycles. The average Bonchev–Trinajstić information content (AvgIpc) is 2.73. The van der Waals surface area contributed by atoms with Crippen LogP contribution in [0.3, 0.4) is 0 Å². The highest BCUT2D eigenvalue weighted by atomic mass is 16.5. The molecule has 2 rings (SSSR count). The summed E-state index contributed by atoms with van der Waals surface area (Å²) in [7, 11) is 0. The second kappa shape index (κ2) is 5.53.